The quantitative estimate of drug-likeness (QED) is 0.380. The van der Waals surface area contributed by atoms with Gasteiger partial charge in [0.15, 0.2) is 11.5 Å². The molecule has 5 rings (SSSR count). The van der Waals surface area contributed by atoms with Crippen LogP contribution in [0, 0.1) is 5.92 Å². The van der Waals surface area contributed by atoms with E-state index in [2.05, 4.69) is 0 Å². The van der Waals surface area contributed by atoms with Crippen LogP contribution < -0.4 is 24.8 Å². The number of hydrogen-bond acceptors (Lipinski definition) is 10. The van der Waals surface area contributed by atoms with Crippen molar-refractivity contribution in [2.75, 3.05) is 26.2 Å². The summed E-state index contributed by atoms with van der Waals surface area (Å²) in [5.41, 5.74) is 7.14. The third-order valence-corrected chi connectivity index (χ3v) is 7.53. The van der Waals surface area contributed by atoms with Crippen LogP contribution in [-0.4, -0.2) is 50.3 Å². The molecule has 2 aromatic rings. The van der Waals surface area contributed by atoms with Crippen LogP contribution in [0.5, 0.6) is 17.2 Å². The lowest BCUT2D eigenvalue weighted by molar-refractivity contribution is -0.132. The van der Waals surface area contributed by atoms with E-state index >= 15 is 0 Å². The Morgan fingerprint density at radius 1 is 1.03 bits per heavy atom. The summed E-state index contributed by atoms with van der Waals surface area (Å²) >= 11 is 0.951. The molecule has 2 N–H and O–H groups in total. The van der Waals surface area contributed by atoms with Gasteiger partial charge in [0.1, 0.15) is 11.0 Å². The van der Waals surface area contributed by atoms with E-state index in [1.165, 1.54) is 39.5 Å². The van der Waals surface area contributed by atoms with Crippen molar-refractivity contribution in [3.05, 3.63) is 58.1 Å². The lowest BCUT2D eigenvalue weighted by Gasteiger charge is -2.36. The third-order valence-electron chi connectivity index (χ3n) is 6.30. The van der Waals surface area contributed by atoms with E-state index in [0.29, 0.717) is 11.3 Å². The van der Waals surface area contributed by atoms with Crippen molar-refractivity contribution in [3.8, 4) is 17.2 Å². The van der Waals surface area contributed by atoms with E-state index in [-0.39, 0.29) is 33.4 Å². The number of hydrogen-bond donors (Lipinski definition) is 1. The molecule has 3 aliphatic heterocycles. The predicted octanol–water partition coefficient (Wildman–Crippen LogP) is 1.97. The van der Waals surface area contributed by atoms with Crippen molar-refractivity contribution >= 4 is 41.2 Å². The zero-order valence-corrected chi connectivity index (χ0v) is 19.7. The fourth-order valence-electron chi connectivity index (χ4n) is 4.76. The standard InChI is InChI=1S/C24H20N2O8S/c1-31-13-8-7-10(23(29)33-3)9-12(13)26-21(27)16-15-11-5-4-6-14(32-2)18(11)34-24(30)17(15)20(25)35-19(16)22(26)28/h4-9,15-16,19H,25H2,1-3H3. The smallest absolute Gasteiger partial charge is 0.342 e. The van der Waals surface area contributed by atoms with Crippen LogP contribution in [-0.2, 0) is 19.1 Å². The van der Waals surface area contributed by atoms with E-state index in [1.807, 2.05) is 0 Å². The average Bonchev–Trinajstić information content (AvgIpc) is 3.11. The molecule has 180 valence electrons. The highest BCUT2D eigenvalue weighted by molar-refractivity contribution is 8.04. The second-order valence-corrected chi connectivity index (χ2v) is 9.16. The number of para-hydroxylation sites is 1. The molecule has 3 aliphatic rings. The number of methoxy groups -OCH3 is 3. The molecule has 11 heteroatoms. The zero-order chi connectivity index (χ0) is 25.0. The van der Waals surface area contributed by atoms with Crippen molar-refractivity contribution in [1.29, 1.82) is 0 Å². The largest absolute Gasteiger partial charge is 0.495 e. The number of ether oxygens (including phenoxy) is 4. The van der Waals surface area contributed by atoms with Gasteiger partial charge in [0, 0.05) is 11.5 Å². The molecule has 1 fully saturated rings. The molecule has 0 saturated carbocycles. The van der Waals surface area contributed by atoms with Gasteiger partial charge in [0.2, 0.25) is 11.8 Å². The first kappa shape index (κ1) is 22.8. The van der Waals surface area contributed by atoms with Crippen LogP contribution in [0.4, 0.5) is 5.69 Å². The molecule has 0 aromatic heterocycles. The van der Waals surface area contributed by atoms with Gasteiger partial charge in [-0.25, -0.2) is 14.5 Å². The van der Waals surface area contributed by atoms with E-state index in [1.54, 1.807) is 18.2 Å². The lowest BCUT2D eigenvalue weighted by atomic mass is 9.77. The number of nitrogens with zero attached hydrogens (tertiary/aromatic N) is 1. The molecule has 0 radical (unpaired) electrons. The van der Waals surface area contributed by atoms with Crippen molar-refractivity contribution in [3.63, 3.8) is 0 Å². The molecule has 10 nitrogen and oxygen atoms in total. The van der Waals surface area contributed by atoms with Gasteiger partial charge in [-0.15, -0.1) is 0 Å². The van der Waals surface area contributed by atoms with Gasteiger partial charge < -0.3 is 24.7 Å². The first-order valence-corrected chi connectivity index (χ1v) is 11.4. The van der Waals surface area contributed by atoms with Gasteiger partial charge in [0.25, 0.3) is 0 Å². The molecule has 35 heavy (non-hydrogen) atoms. The summed E-state index contributed by atoms with van der Waals surface area (Å²) in [6.45, 7) is 0. The maximum absolute atomic E-state index is 13.9. The average molecular weight is 496 g/mol. The minimum atomic E-state index is -0.944. The molecular formula is C24H20N2O8S. The normalized spacial score (nSPS) is 22.8. The summed E-state index contributed by atoms with van der Waals surface area (Å²) < 4.78 is 21.0. The number of nitrogens with two attached hydrogens (primary N) is 1. The number of esters is 2. The van der Waals surface area contributed by atoms with Crippen LogP contribution in [0.1, 0.15) is 21.8 Å². The number of carbonyl (C=O) groups excluding carboxylic acids is 4. The van der Waals surface area contributed by atoms with E-state index in [9.17, 15) is 19.2 Å². The number of amides is 2. The molecule has 2 amide bonds. The molecule has 0 aliphatic carbocycles. The predicted molar refractivity (Wildman–Crippen MR) is 124 cm³/mol. The van der Waals surface area contributed by atoms with Crippen LogP contribution in [0.2, 0.25) is 0 Å². The molecule has 3 unspecified atom stereocenters. The second kappa shape index (κ2) is 8.35. The molecule has 2 aromatic carbocycles. The van der Waals surface area contributed by atoms with Crippen molar-refractivity contribution in [2.45, 2.75) is 11.2 Å². The Labute approximate surface area is 203 Å². The fourth-order valence-corrected chi connectivity index (χ4v) is 6.00. The zero-order valence-electron chi connectivity index (χ0n) is 18.9. The minimum absolute atomic E-state index is 0.102. The third kappa shape index (κ3) is 3.26. The number of benzene rings is 2. The second-order valence-electron chi connectivity index (χ2n) is 7.98. The van der Waals surface area contributed by atoms with Crippen LogP contribution in [0.15, 0.2) is 47.0 Å². The van der Waals surface area contributed by atoms with E-state index < -0.39 is 40.8 Å². The summed E-state index contributed by atoms with van der Waals surface area (Å²) in [6.07, 6.45) is 0. The number of anilines is 1. The van der Waals surface area contributed by atoms with Gasteiger partial charge >= 0.3 is 11.9 Å². The maximum atomic E-state index is 13.9. The summed E-state index contributed by atoms with van der Waals surface area (Å²) in [4.78, 5) is 53.5. The lowest BCUT2D eigenvalue weighted by Crippen LogP contribution is -2.39. The first-order valence-electron chi connectivity index (χ1n) is 10.5. The highest BCUT2D eigenvalue weighted by Gasteiger charge is 2.59. The first-order chi connectivity index (χ1) is 16.8. The van der Waals surface area contributed by atoms with Crippen LogP contribution >= 0.6 is 11.8 Å². The van der Waals surface area contributed by atoms with Gasteiger partial charge in [0.05, 0.1) is 49.1 Å². The molecular weight excluding hydrogens is 476 g/mol. The molecule has 3 heterocycles. The Morgan fingerprint density at radius 2 is 1.77 bits per heavy atom. The SMILES string of the molecule is COC(=O)c1ccc(OC)c(N2C(=O)C3SC(N)=C4C(=O)Oc5c(OC)cccc5C4C3C2=O)c1. The van der Waals surface area contributed by atoms with Gasteiger partial charge in [-0.2, -0.15) is 0 Å². The number of imide groups is 1. The number of thioether (sulfide) groups is 1. The minimum Gasteiger partial charge on any atom is -0.495 e. The molecule has 0 spiro atoms. The van der Waals surface area contributed by atoms with Gasteiger partial charge in [-0.05, 0) is 24.3 Å². The van der Waals surface area contributed by atoms with Crippen molar-refractivity contribution in [2.24, 2.45) is 11.7 Å². The maximum Gasteiger partial charge on any atom is 0.342 e. The summed E-state index contributed by atoms with van der Waals surface area (Å²) in [6, 6.07) is 9.38. The van der Waals surface area contributed by atoms with Gasteiger partial charge in [-0.1, -0.05) is 23.9 Å². The van der Waals surface area contributed by atoms with Gasteiger partial charge in [-0.3, -0.25) is 9.59 Å². The number of rotatable bonds is 4. The summed E-state index contributed by atoms with van der Waals surface area (Å²) in [5, 5.41) is -0.777. The van der Waals surface area contributed by atoms with Crippen molar-refractivity contribution in [1.82, 2.24) is 0 Å². The Morgan fingerprint density at radius 3 is 2.46 bits per heavy atom. The molecule has 0 bridgehead atoms. The Balaban J connectivity index is 1.66. The summed E-state index contributed by atoms with van der Waals surface area (Å²) in [7, 11) is 4.06. The highest BCUT2D eigenvalue weighted by atomic mass is 32.2. The fraction of sp³-hybridized carbons (Fsp3) is 0.250. The Kier molecular flexibility index (Phi) is 5.43. The van der Waals surface area contributed by atoms with Crippen LogP contribution in [0.3, 0.4) is 0 Å². The van der Waals surface area contributed by atoms with E-state index in [0.717, 1.165) is 16.7 Å². The Hall–Kier alpha value is -3.99. The van der Waals surface area contributed by atoms with Crippen molar-refractivity contribution < 1.29 is 38.1 Å². The highest BCUT2D eigenvalue weighted by Crippen LogP contribution is 2.56. The number of carbonyl (C=O) groups is 4. The topological polar surface area (TPSA) is 134 Å². The Bertz CT molecular complexity index is 1340. The number of fused-ring (bicyclic) bond motifs is 5. The van der Waals surface area contributed by atoms with E-state index in [4.69, 9.17) is 24.7 Å². The van der Waals surface area contributed by atoms with Crippen LogP contribution in [0.25, 0.3) is 0 Å². The monoisotopic (exact) mass is 496 g/mol. The molecule has 1 saturated heterocycles. The summed E-state index contributed by atoms with van der Waals surface area (Å²) in [5.74, 6) is -3.44. The molecule has 3 atom stereocenters.